The Morgan fingerprint density at radius 1 is 1.38 bits per heavy atom. The van der Waals surface area contributed by atoms with Crippen LogP contribution in [-0.2, 0) is 20.4 Å². The van der Waals surface area contributed by atoms with Crippen molar-refractivity contribution in [1.82, 2.24) is 14.6 Å². The number of ether oxygens (including phenoxy) is 1. The van der Waals surface area contributed by atoms with Gasteiger partial charge in [0, 0.05) is 12.7 Å². The van der Waals surface area contributed by atoms with Gasteiger partial charge in [-0.3, -0.25) is 9.09 Å². The van der Waals surface area contributed by atoms with E-state index in [0.29, 0.717) is 0 Å². The van der Waals surface area contributed by atoms with Gasteiger partial charge in [0.2, 0.25) is 0 Å². The smallest absolute Gasteiger partial charge is 0.387 e. The maximum absolute atomic E-state index is 12.2. The average Bonchev–Trinajstić information content (AvgIpc) is 2.89. The highest BCUT2D eigenvalue weighted by molar-refractivity contribution is 7.50. The maximum Gasteiger partial charge on any atom is 0.403 e. The van der Waals surface area contributed by atoms with Crippen LogP contribution in [0, 0.1) is 0 Å². The van der Waals surface area contributed by atoms with E-state index in [1.165, 1.54) is 19.2 Å². The van der Waals surface area contributed by atoms with E-state index >= 15 is 0 Å². The Labute approximate surface area is 166 Å². The summed E-state index contributed by atoms with van der Waals surface area (Å²) in [5, 5.41) is 23.4. The van der Waals surface area contributed by atoms with Crippen LogP contribution in [0.1, 0.15) is 18.7 Å². The Morgan fingerprint density at radius 3 is 2.72 bits per heavy atom. The summed E-state index contributed by atoms with van der Waals surface area (Å²) >= 11 is 0. The molecule has 29 heavy (non-hydrogen) atoms. The summed E-state index contributed by atoms with van der Waals surface area (Å²) in [7, 11) is -4.21. The zero-order chi connectivity index (χ0) is 21.2. The quantitative estimate of drug-likeness (QED) is 0.372. The molecule has 1 aliphatic heterocycles. The summed E-state index contributed by atoms with van der Waals surface area (Å²) < 4.78 is 23.7. The minimum Gasteiger partial charge on any atom is -0.387 e. The number of rotatable bonds is 7. The molecule has 0 aliphatic carbocycles. The monoisotopic (exact) mass is 426 g/mol. The molecule has 0 radical (unpaired) electrons. The van der Waals surface area contributed by atoms with Gasteiger partial charge in [-0.25, -0.2) is 14.4 Å². The van der Waals surface area contributed by atoms with E-state index in [9.17, 15) is 24.5 Å². The van der Waals surface area contributed by atoms with Gasteiger partial charge in [0.1, 0.15) is 23.6 Å². The van der Waals surface area contributed by atoms with Crippen molar-refractivity contribution in [3.05, 3.63) is 58.6 Å². The van der Waals surface area contributed by atoms with E-state index in [2.05, 4.69) is 10.1 Å². The number of anilines is 1. The van der Waals surface area contributed by atoms with E-state index < -0.39 is 44.1 Å². The molecule has 12 heteroatoms. The molecular formula is C17H23N4O7P. The molecule has 0 bridgehead atoms. The standard InChI is InChI=1S/C17H23N4O7P/c1-17(24)14(22)12(28-15(17)21-8-7-13(18)20-16(21)23)10-27-29(25,26)19-9-11-5-3-2-4-6-11/h2-8,12,14-15,22,24H,9-10H2,1H3,(H2,18,20,23)(H2,19,25,26)/t12?,14-,15?,17-/m1/s1. The van der Waals surface area contributed by atoms with Gasteiger partial charge in [0.05, 0.1) is 6.61 Å². The molecule has 158 valence electrons. The maximum atomic E-state index is 12.2. The van der Waals surface area contributed by atoms with Gasteiger partial charge >= 0.3 is 13.4 Å². The Hall–Kier alpha value is -2.11. The van der Waals surface area contributed by atoms with Gasteiger partial charge in [0.15, 0.2) is 6.23 Å². The highest BCUT2D eigenvalue weighted by Gasteiger charge is 2.53. The first-order valence-corrected chi connectivity index (χ1v) is 10.3. The van der Waals surface area contributed by atoms with Gasteiger partial charge in [0.25, 0.3) is 0 Å². The molecule has 1 aliphatic rings. The number of nitrogens with zero attached hydrogens (tertiary/aromatic N) is 2. The molecular weight excluding hydrogens is 403 g/mol. The molecule has 1 fully saturated rings. The summed E-state index contributed by atoms with van der Waals surface area (Å²) in [6.07, 6.45) is -2.68. The second-order valence-electron chi connectivity index (χ2n) is 6.88. The zero-order valence-corrected chi connectivity index (χ0v) is 16.5. The topological polar surface area (TPSA) is 169 Å². The van der Waals surface area contributed by atoms with Crippen LogP contribution in [0.3, 0.4) is 0 Å². The van der Waals surface area contributed by atoms with Crippen molar-refractivity contribution in [3.63, 3.8) is 0 Å². The van der Waals surface area contributed by atoms with Crippen molar-refractivity contribution in [2.45, 2.75) is 37.5 Å². The van der Waals surface area contributed by atoms with Crippen molar-refractivity contribution in [1.29, 1.82) is 0 Å². The van der Waals surface area contributed by atoms with Crippen LogP contribution in [-0.4, -0.2) is 49.1 Å². The molecule has 0 spiro atoms. The first-order chi connectivity index (χ1) is 13.6. The molecule has 2 aromatic rings. The Morgan fingerprint density at radius 2 is 2.07 bits per heavy atom. The minimum absolute atomic E-state index is 0.00460. The molecule has 1 aromatic carbocycles. The molecule has 0 amide bonds. The fourth-order valence-electron chi connectivity index (χ4n) is 2.99. The highest BCUT2D eigenvalue weighted by atomic mass is 31.2. The lowest BCUT2D eigenvalue weighted by Gasteiger charge is -2.27. The number of aliphatic hydroxyl groups excluding tert-OH is 1. The molecule has 11 nitrogen and oxygen atoms in total. The van der Waals surface area contributed by atoms with Gasteiger partial charge in [-0.1, -0.05) is 30.3 Å². The molecule has 1 saturated heterocycles. The van der Waals surface area contributed by atoms with Crippen LogP contribution in [0.5, 0.6) is 0 Å². The van der Waals surface area contributed by atoms with E-state index in [1.54, 1.807) is 24.3 Å². The minimum atomic E-state index is -4.21. The summed E-state index contributed by atoms with van der Waals surface area (Å²) in [6, 6.07) is 10.3. The Balaban J connectivity index is 1.65. The van der Waals surface area contributed by atoms with Crippen LogP contribution in [0.4, 0.5) is 5.82 Å². The first-order valence-electron chi connectivity index (χ1n) is 8.77. The fraction of sp³-hybridized carbons (Fsp3) is 0.412. The lowest BCUT2D eigenvalue weighted by Crippen LogP contribution is -2.46. The summed E-state index contributed by atoms with van der Waals surface area (Å²) in [5.41, 5.74) is 3.57. The molecule has 3 unspecified atom stereocenters. The predicted octanol–water partition coefficient (Wildman–Crippen LogP) is -0.258. The Kier molecular flexibility index (Phi) is 6.20. The number of nitrogens with one attached hydrogen (secondary N) is 1. The highest BCUT2D eigenvalue weighted by Crippen LogP contribution is 2.42. The van der Waals surface area contributed by atoms with Crippen molar-refractivity contribution in [3.8, 4) is 0 Å². The van der Waals surface area contributed by atoms with Crippen LogP contribution in [0.2, 0.25) is 0 Å². The summed E-state index contributed by atoms with van der Waals surface area (Å²) in [6.45, 7) is 0.868. The molecule has 1 aromatic heterocycles. The van der Waals surface area contributed by atoms with Crippen LogP contribution in [0.15, 0.2) is 47.4 Å². The number of aliphatic hydroxyl groups is 2. The third-order valence-corrected chi connectivity index (χ3v) is 5.66. The normalized spacial score (nSPS) is 28.9. The molecule has 3 rings (SSSR count). The van der Waals surface area contributed by atoms with Crippen LogP contribution < -0.4 is 16.5 Å². The first kappa shape index (κ1) is 21.6. The summed E-state index contributed by atoms with van der Waals surface area (Å²) in [4.78, 5) is 25.6. The molecule has 0 saturated carbocycles. The average molecular weight is 426 g/mol. The van der Waals surface area contributed by atoms with Gasteiger partial charge < -0.3 is 25.6 Å². The summed E-state index contributed by atoms with van der Waals surface area (Å²) in [5.74, 6) is -0.00460. The van der Waals surface area contributed by atoms with Gasteiger partial charge in [-0.2, -0.15) is 4.98 Å². The van der Waals surface area contributed by atoms with Crippen LogP contribution in [0.25, 0.3) is 0 Å². The van der Waals surface area contributed by atoms with Crippen molar-refractivity contribution in [2.75, 3.05) is 12.3 Å². The third-order valence-electron chi connectivity index (χ3n) is 4.60. The van der Waals surface area contributed by atoms with Gasteiger partial charge in [-0.05, 0) is 18.6 Å². The van der Waals surface area contributed by atoms with E-state index in [1.807, 2.05) is 6.07 Å². The SMILES string of the molecule is C[C@]1(O)C(n2ccc(N)nc2=O)OC(COP(=O)(O)NCc2ccccc2)[C@H]1O. The number of nitrogens with two attached hydrogens (primary N) is 1. The second kappa shape index (κ2) is 8.33. The van der Waals surface area contributed by atoms with Crippen molar-refractivity contribution in [2.24, 2.45) is 0 Å². The molecule has 5 atom stereocenters. The van der Waals surface area contributed by atoms with E-state index in [0.717, 1.165) is 10.1 Å². The second-order valence-corrected chi connectivity index (χ2v) is 8.49. The number of hydrogen-bond donors (Lipinski definition) is 5. The van der Waals surface area contributed by atoms with E-state index in [4.69, 9.17) is 15.0 Å². The number of aromatic nitrogens is 2. The van der Waals surface area contributed by atoms with Crippen LogP contribution >= 0.6 is 7.75 Å². The third kappa shape index (κ3) is 4.90. The molecule has 6 N–H and O–H groups in total. The van der Waals surface area contributed by atoms with Crippen molar-refractivity contribution < 1.29 is 28.9 Å². The van der Waals surface area contributed by atoms with E-state index in [-0.39, 0.29) is 12.4 Å². The number of nitrogen functional groups attached to an aromatic ring is 1. The lowest BCUT2D eigenvalue weighted by atomic mass is 9.96. The Bertz CT molecular complexity index is 952. The van der Waals surface area contributed by atoms with Gasteiger partial charge in [-0.15, -0.1) is 0 Å². The van der Waals surface area contributed by atoms with Crippen molar-refractivity contribution >= 4 is 13.6 Å². The largest absolute Gasteiger partial charge is 0.403 e. The zero-order valence-electron chi connectivity index (χ0n) is 15.6. The fourth-order valence-corrected chi connectivity index (χ4v) is 3.81. The number of benzene rings is 1. The molecule has 2 heterocycles. The lowest BCUT2D eigenvalue weighted by molar-refractivity contribution is -0.0984. The predicted molar refractivity (Wildman–Crippen MR) is 103 cm³/mol. The number of hydrogen-bond acceptors (Lipinski definition) is 8.